The number of carbonyl (C=O) groups is 1. The molecule has 1 aromatic heterocycles. The van der Waals surface area contributed by atoms with Crippen molar-refractivity contribution in [3.8, 4) is 0 Å². The van der Waals surface area contributed by atoms with Crippen molar-refractivity contribution in [2.24, 2.45) is 0 Å². The molecule has 0 spiro atoms. The molecule has 0 fully saturated rings. The Morgan fingerprint density at radius 2 is 2.14 bits per heavy atom. The number of benzene rings is 1. The minimum Gasteiger partial charge on any atom is -0.382 e. The second-order valence-electron chi connectivity index (χ2n) is 5.62. The minimum atomic E-state index is 0.189. The SMILES string of the molecule is Cc1ccc(CCC(=O)N2CCc3c(N)n[nH]c3C2)cc1. The van der Waals surface area contributed by atoms with Crippen LogP contribution in [0.4, 0.5) is 5.82 Å². The largest absolute Gasteiger partial charge is 0.382 e. The Hall–Kier alpha value is -2.30. The van der Waals surface area contributed by atoms with Gasteiger partial charge in [-0.25, -0.2) is 0 Å². The van der Waals surface area contributed by atoms with Crippen molar-refractivity contribution in [3.05, 3.63) is 46.6 Å². The average molecular weight is 284 g/mol. The van der Waals surface area contributed by atoms with Crippen molar-refractivity contribution in [3.63, 3.8) is 0 Å². The molecule has 21 heavy (non-hydrogen) atoms. The van der Waals surface area contributed by atoms with Crippen LogP contribution in [0.25, 0.3) is 0 Å². The third-order valence-electron chi connectivity index (χ3n) is 4.07. The van der Waals surface area contributed by atoms with Crippen molar-refractivity contribution < 1.29 is 4.79 Å². The number of anilines is 1. The van der Waals surface area contributed by atoms with Crippen LogP contribution in [-0.4, -0.2) is 27.5 Å². The maximum absolute atomic E-state index is 12.3. The highest BCUT2D eigenvalue weighted by Crippen LogP contribution is 2.22. The zero-order valence-corrected chi connectivity index (χ0v) is 12.2. The number of nitrogens with two attached hydrogens (primary N) is 1. The fourth-order valence-corrected chi connectivity index (χ4v) is 2.72. The van der Waals surface area contributed by atoms with Gasteiger partial charge in [-0.05, 0) is 25.3 Å². The van der Waals surface area contributed by atoms with Gasteiger partial charge in [-0.1, -0.05) is 29.8 Å². The topological polar surface area (TPSA) is 75.0 Å². The number of carbonyl (C=O) groups excluding carboxylic acids is 1. The number of aryl methyl sites for hydroxylation is 2. The third kappa shape index (κ3) is 2.91. The number of hydrogen-bond donors (Lipinski definition) is 2. The number of amides is 1. The molecule has 1 aliphatic heterocycles. The van der Waals surface area contributed by atoms with Gasteiger partial charge in [0.2, 0.25) is 5.91 Å². The molecule has 1 aromatic carbocycles. The number of nitrogens with zero attached hydrogens (tertiary/aromatic N) is 2. The molecule has 3 N–H and O–H groups in total. The van der Waals surface area contributed by atoms with Gasteiger partial charge in [-0.15, -0.1) is 0 Å². The number of H-pyrrole nitrogens is 1. The molecular formula is C16H20N4O. The number of hydrogen-bond acceptors (Lipinski definition) is 3. The van der Waals surface area contributed by atoms with E-state index in [-0.39, 0.29) is 5.91 Å². The standard InChI is InChI=1S/C16H20N4O/c1-11-2-4-12(5-3-11)6-7-15(21)20-9-8-13-14(10-20)18-19-16(13)17/h2-5H,6-10H2,1H3,(H3,17,18,19). The van der Waals surface area contributed by atoms with Crippen molar-refractivity contribution in [1.82, 2.24) is 15.1 Å². The van der Waals surface area contributed by atoms with E-state index in [4.69, 9.17) is 5.73 Å². The molecule has 2 heterocycles. The summed E-state index contributed by atoms with van der Waals surface area (Å²) in [6.07, 6.45) is 2.11. The lowest BCUT2D eigenvalue weighted by atomic mass is 10.0. The smallest absolute Gasteiger partial charge is 0.223 e. The van der Waals surface area contributed by atoms with Gasteiger partial charge in [0.1, 0.15) is 5.82 Å². The summed E-state index contributed by atoms with van der Waals surface area (Å²) >= 11 is 0. The summed E-state index contributed by atoms with van der Waals surface area (Å²) in [6.45, 7) is 3.38. The first-order valence-electron chi connectivity index (χ1n) is 7.28. The highest BCUT2D eigenvalue weighted by molar-refractivity contribution is 5.76. The van der Waals surface area contributed by atoms with Gasteiger partial charge in [0, 0.05) is 18.5 Å². The quantitative estimate of drug-likeness (QED) is 0.902. The lowest BCUT2D eigenvalue weighted by Crippen LogP contribution is -2.36. The molecule has 2 aromatic rings. The van der Waals surface area contributed by atoms with Crippen LogP contribution >= 0.6 is 0 Å². The maximum Gasteiger partial charge on any atom is 0.223 e. The molecule has 3 rings (SSSR count). The third-order valence-corrected chi connectivity index (χ3v) is 4.07. The summed E-state index contributed by atoms with van der Waals surface area (Å²) in [5, 5.41) is 6.93. The Bertz CT molecular complexity index is 645. The van der Waals surface area contributed by atoms with Gasteiger partial charge in [-0.3, -0.25) is 9.89 Å². The zero-order valence-electron chi connectivity index (χ0n) is 12.2. The maximum atomic E-state index is 12.3. The lowest BCUT2D eigenvalue weighted by molar-refractivity contribution is -0.132. The monoisotopic (exact) mass is 284 g/mol. The van der Waals surface area contributed by atoms with Gasteiger partial charge < -0.3 is 10.6 Å². The molecular weight excluding hydrogens is 264 g/mol. The van der Waals surface area contributed by atoms with E-state index in [0.717, 1.165) is 30.6 Å². The normalized spacial score (nSPS) is 14.0. The van der Waals surface area contributed by atoms with E-state index in [1.54, 1.807) is 0 Å². The average Bonchev–Trinajstić information content (AvgIpc) is 2.87. The van der Waals surface area contributed by atoms with E-state index < -0.39 is 0 Å². The first-order chi connectivity index (χ1) is 10.1. The van der Waals surface area contributed by atoms with Crippen LogP contribution in [0.15, 0.2) is 24.3 Å². The Morgan fingerprint density at radius 3 is 2.90 bits per heavy atom. The Morgan fingerprint density at radius 1 is 1.38 bits per heavy atom. The summed E-state index contributed by atoms with van der Waals surface area (Å²) in [7, 11) is 0. The number of aromatic amines is 1. The minimum absolute atomic E-state index is 0.189. The molecule has 0 bridgehead atoms. The van der Waals surface area contributed by atoms with Crippen molar-refractivity contribution in [2.75, 3.05) is 12.3 Å². The lowest BCUT2D eigenvalue weighted by Gasteiger charge is -2.26. The number of rotatable bonds is 3. The highest BCUT2D eigenvalue weighted by Gasteiger charge is 2.23. The van der Waals surface area contributed by atoms with Crippen LogP contribution < -0.4 is 5.73 Å². The molecule has 0 aliphatic carbocycles. The fraction of sp³-hybridized carbons (Fsp3) is 0.375. The Kier molecular flexibility index (Phi) is 3.64. The molecule has 0 radical (unpaired) electrons. The predicted molar refractivity (Wildman–Crippen MR) is 81.6 cm³/mol. The molecule has 0 saturated carbocycles. The molecule has 5 heteroatoms. The van der Waals surface area contributed by atoms with E-state index in [9.17, 15) is 4.79 Å². The van der Waals surface area contributed by atoms with E-state index >= 15 is 0 Å². The molecule has 1 aliphatic rings. The predicted octanol–water partition coefficient (Wildman–Crippen LogP) is 1.82. The van der Waals surface area contributed by atoms with E-state index in [1.807, 2.05) is 4.90 Å². The fourth-order valence-electron chi connectivity index (χ4n) is 2.72. The number of nitrogen functional groups attached to an aromatic ring is 1. The van der Waals surface area contributed by atoms with Crippen LogP contribution in [0.5, 0.6) is 0 Å². The summed E-state index contributed by atoms with van der Waals surface area (Å²) in [5.41, 5.74) is 10.3. The summed E-state index contributed by atoms with van der Waals surface area (Å²) < 4.78 is 0. The molecule has 5 nitrogen and oxygen atoms in total. The Balaban J connectivity index is 1.58. The van der Waals surface area contributed by atoms with Gasteiger partial charge in [0.25, 0.3) is 0 Å². The van der Waals surface area contributed by atoms with Crippen LogP contribution in [0.2, 0.25) is 0 Å². The van der Waals surface area contributed by atoms with Crippen molar-refractivity contribution >= 4 is 11.7 Å². The second-order valence-corrected chi connectivity index (χ2v) is 5.62. The Labute approximate surface area is 124 Å². The molecule has 0 unspecified atom stereocenters. The van der Waals surface area contributed by atoms with Gasteiger partial charge in [-0.2, -0.15) is 5.10 Å². The first-order valence-corrected chi connectivity index (χ1v) is 7.28. The van der Waals surface area contributed by atoms with E-state index in [0.29, 0.717) is 18.8 Å². The van der Waals surface area contributed by atoms with Gasteiger partial charge in [0.15, 0.2) is 0 Å². The number of fused-ring (bicyclic) bond motifs is 1. The van der Waals surface area contributed by atoms with Crippen LogP contribution in [0.1, 0.15) is 28.8 Å². The van der Waals surface area contributed by atoms with E-state index in [1.165, 1.54) is 11.1 Å². The van der Waals surface area contributed by atoms with Crippen LogP contribution in [0.3, 0.4) is 0 Å². The molecule has 110 valence electrons. The molecule has 0 saturated heterocycles. The van der Waals surface area contributed by atoms with Gasteiger partial charge >= 0.3 is 0 Å². The zero-order chi connectivity index (χ0) is 14.8. The van der Waals surface area contributed by atoms with Crippen molar-refractivity contribution in [2.45, 2.75) is 32.7 Å². The summed E-state index contributed by atoms with van der Waals surface area (Å²) in [4.78, 5) is 14.2. The first kappa shape index (κ1) is 13.7. The van der Waals surface area contributed by atoms with Gasteiger partial charge in [0.05, 0.1) is 12.2 Å². The number of aromatic nitrogens is 2. The summed E-state index contributed by atoms with van der Waals surface area (Å²) in [6, 6.07) is 8.35. The summed E-state index contributed by atoms with van der Waals surface area (Å²) in [5.74, 6) is 0.756. The van der Waals surface area contributed by atoms with Crippen LogP contribution in [-0.2, 0) is 24.2 Å². The van der Waals surface area contributed by atoms with E-state index in [2.05, 4.69) is 41.4 Å². The van der Waals surface area contributed by atoms with Crippen LogP contribution in [0, 0.1) is 6.92 Å². The number of nitrogens with one attached hydrogen (secondary N) is 1. The highest BCUT2D eigenvalue weighted by atomic mass is 16.2. The van der Waals surface area contributed by atoms with Crippen molar-refractivity contribution in [1.29, 1.82) is 0 Å². The second kappa shape index (κ2) is 5.60. The molecule has 1 amide bonds. The molecule has 0 atom stereocenters.